The molecule has 1 heterocycles. The van der Waals surface area contributed by atoms with Crippen LogP contribution < -0.4 is 22.1 Å². The lowest BCUT2D eigenvalue weighted by atomic mass is 10.0. The molecule has 0 aromatic carbocycles. The molecule has 0 aliphatic carbocycles. The lowest BCUT2D eigenvalue weighted by Crippen LogP contribution is -2.56. The van der Waals surface area contributed by atoms with Gasteiger partial charge in [-0.1, -0.05) is 20.3 Å². The first-order valence-corrected chi connectivity index (χ1v) is 10.7. The maximum absolute atomic E-state index is 13.0. The summed E-state index contributed by atoms with van der Waals surface area (Å²) in [5.74, 6) is -2.29. The second-order valence-electron chi connectivity index (χ2n) is 8.34. The molecule has 0 saturated carbocycles. The van der Waals surface area contributed by atoms with Crippen molar-refractivity contribution in [2.75, 3.05) is 13.1 Å². The van der Waals surface area contributed by atoms with Crippen LogP contribution in [0, 0.1) is 5.92 Å². The van der Waals surface area contributed by atoms with Gasteiger partial charge in [0.25, 0.3) is 0 Å². The Hall–Kier alpha value is -2.20. The molecular formula is C20H37N5O5. The first-order chi connectivity index (χ1) is 14.1. The number of unbranched alkanes of at least 4 members (excludes halogenated alkanes) is 1. The molecule has 7 N–H and O–H groups in total. The van der Waals surface area contributed by atoms with Crippen LogP contribution >= 0.6 is 0 Å². The number of carboxylic acid groups (broad SMARTS) is 1. The number of hydrogen-bond donors (Lipinski definition) is 5. The van der Waals surface area contributed by atoms with E-state index in [9.17, 15) is 24.3 Å². The van der Waals surface area contributed by atoms with E-state index in [-0.39, 0.29) is 5.92 Å². The third-order valence-electron chi connectivity index (χ3n) is 5.20. The number of hydrogen-bond acceptors (Lipinski definition) is 6. The molecule has 3 amide bonds. The van der Waals surface area contributed by atoms with E-state index in [1.807, 2.05) is 13.8 Å². The van der Waals surface area contributed by atoms with Crippen molar-refractivity contribution in [2.24, 2.45) is 17.4 Å². The van der Waals surface area contributed by atoms with Crippen LogP contribution in [0.25, 0.3) is 0 Å². The van der Waals surface area contributed by atoms with Crippen molar-refractivity contribution >= 4 is 23.7 Å². The number of carbonyl (C=O) groups is 4. The van der Waals surface area contributed by atoms with E-state index >= 15 is 0 Å². The van der Waals surface area contributed by atoms with Gasteiger partial charge in [0.15, 0.2) is 0 Å². The van der Waals surface area contributed by atoms with Crippen LogP contribution in [0.1, 0.15) is 59.3 Å². The number of likely N-dealkylation sites (tertiary alicyclic amines) is 1. The zero-order valence-corrected chi connectivity index (χ0v) is 18.2. The van der Waals surface area contributed by atoms with Gasteiger partial charge in [0, 0.05) is 6.54 Å². The van der Waals surface area contributed by atoms with E-state index in [1.54, 1.807) is 0 Å². The maximum atomic E-state index is 13.0. The summed E-state index contributed by atoms with van der Waals surface area (Å²) in [7, 11) is 0. The van der Waals surface area contributed by atoms with Crippen LogP contribution in [0.15, 0.2) is 0 Å². The molecule has 10 nitrogen and oxygen atoms in total. The predicted molar refractivity (Wildman–Crippen MR) is 112 cm³/mol. The topological polar surface area (TPSA) is 168 Å². The summed E-state index contributed by atoms with van der Waals surface area (Å²) in [6, 6.07) is -3.34. The van der Waals surface area contributed by atoms with Gasteiger partial charge in [-0.05, 0) is 51.5 Å². The summed E-state index contributed by atoms with van der Waals surface area (Å²) in [5, 5.41) is 14.6. The van der Waals surface area contributed by atoms with Gasteiger partial charge in [0.1, 0.15) is 18.1 Å². The number of nitrogens with one attached hydrogen (secondary N) is 2. The molecular weight excluding hydrogens is 390 g/mol. The number of carbonyl (C=O) groups excluding carboxylic acids is 3. The number of nitrogens with two attached hydrogens (primary N) is 2. The van der Waals surface area contributed by atoms with E-state index in [2.05, 4.69) is 10.6 Å². The second kappa shape index (κ2) is 12.5. The second-order valence-corrected chi connectivity index (χ2v) is 8.34. The van der Waals surface area contributed by atoms with Crippen LogP contribution in [0.3, 0.4) is 0 Å². The van der Waals surface area contributed by atoms with Crippen molar-refractivity contribution in [2.45, 2.75) is 83.5 Å². The summed E-state index contributed by atoms with van der Waals surface area (Å²) in [4.78, 5) is 50.5. The standard InChI is InChI=1S/C20H37N5O5/c1-12(2)11-15(19(28)25-10-6-8-16(25)20(29)30)24-17(26)13(3)23-18(27)14(22)7-4-5-9-21/h12-16H,4-11,21-22H2,1-3H3,(H,23,27)(H,24,26)(H,29,30). The molecule has 1 aliphatic rings. The minimum absolute atomic E-state index is 0.103. The Morgan fingerprint density at radius 3 is 2.33 bits per heavy atom. The Morgan fingerprint density at radius 1 is 1.10 bits per heavy atom. The lowest BCUT2D eigenvalue weighted by molar-refractivity contribution is -0.149. The monoisotopic (exact) mass is 427 g/mol. The van der Waals surface area contributed by atoms with Crippen molar-refractivity contribution in [1.29, 1.82) is 0 Å². The number of nitrogens with zero attached hydrogens (tertiary/aromatic N) is 1. The largest absolute Gasteiger partial charge is 0.480 e. The van der Waals surface area contributed by atoms with Gasteiger partial charge in [-0.3, -0.25) is 14.4 Å². The zero-order valence-electron chi connectivity index (χ0n) is 18.2. The van der Waals surface area contributed by atoms with Crippen molar-refractivity contribution in [3.05, 3.63) is 0 Å². The SMILES string of the molecule is CC(C)CC(NC(=O)C(C)NC(=O)C(N)CCCCN)C(=O)N1CCCC1C(=O)O. The Morgan fingerprint density at radius 2 is 1.77 bits per heavy atom. The molecule has 1 rings (SSSR count). The quantitative estimate of drug-likeness (QED) is 0.263. The third-order valence-corrected chi connectivity index (χ3v) is 5.20. The Labute approximate surface area is 178 Å². The Kier molecular flexibility index (Phi) is 10.8. The van der Waals surface area contributed by atoms with E-state index in [1.165, 1.54) is 11.8 Å². The molecule has 0 spiro atoms. The minimum atomic E-state index is -1.04. The summed E-state index contributed by atoms with van der Waals surface area (Å²) in [6.07, 6.45) is 3.34. The highest BCUT2D eigenvalue weighted by Crippen LogP contribution is 2.20. The van der Waals surface area contributed by atoms with E-state index in [0.717, 1.165) is 12.8 Å². The van der Waals surface area contributed by atoms with Crippen LogP contribution in [0.5, 0.6) is 0 Å². The van der Waals surface area contributed by atoms with Gasteiger partial charge >= 0.3 is 5.97 Å². The molecule has 30 heavy (non-hydrogen) atoms. The fraction of sp³-hybridized carbons (Fsp3) is 0.800. The summed E-state index contributed by atoms with van der Waals surface area (Å²) < 4.78 is 0. The van der Waals surface area contributed by atoms with E-state index in [0.29, 0.717) is 38.8 Å². The lowest BCUT2D eigenvalue weighted by Gasteiger charge is -2.29. The summed E-state index contributed by atoms with van der Waals surface area (Å²) in [5.41, 5.74) is 11.3. The van der Waals surface area contributed by atoms with Gasteiger partial charge in [-0.25, -0.2) is 4.79 Å². The molecule has 1 aliphatic heterocycles. The maximum Gasteiger partial charge on any atom is 0.326 e. The first kappa shape index (κ1) is 25.8. The molecule has 4 atom stereocenters. The molecule has 1 saturated heterocycles. The van der Waals surface area contributed by atoms with Crippen LogP contribution in [0.4, 0.5) is 0 Å². The van der Waals surface area contributed by atoms with Crippen molar-refractivity contribution in [1.82, 2.24) is 15.5 Å². The van der Waals surface area contributed by atoms with Crippen LogP contribution in [0.2, 0.25) is 0 Å². The zero-order chi connectivity index (χ0) is 22.8. The number of amides is 3. The van der Waals surface area contributed by atoms with Crippen LogP contribution in [-0.2, 0) is 19.2 Å². The van der Waals surface area contributed by atoms with Gasteiger partial charge in [0.05, 0.1) is 6.04 Å². The number of rotatable bonds is 12. The fourth-order valence-electron chi connectivity index (χ4n) is 3.50. The summed E-state index contributed by atoms with van der Waals surface area (Å²) >= 11 is 0. The van der Waals surface area contributed by atoms with Crippen molar-refractivity contribution in [3.63, 3.8) is 0 Å². The Bertz CT molecular complexity index is 612. The van der Waals surface area contributed by atoms with Gasteiger partial charge < -0.3 is 32.1 Å². The van der Waals surface area contributed by atoms with Gasteiger partial charge in [-0.15, -0.1) is 0 Å². The van der Waals surface area contributed by atoms with Gasteiger partial charge in [-0.2, -0.15) is 0 Å². The van der Waals surface area contributed by atoms with Crippen molar-refractivity contribution < 1.29 is 24.3 Å². The van der Waals surface area contributed by atoms with Gasteiger partial charge in [0.2, 0.25) is 17.7 Å². The van der Waals surface area contributed by atoms with E-state index < -0.39 is 47.9 Å². The molecule has 0 radical (unpaired) electrons. The predicted octanol–water partition coefficient (Wildman–Crippen LogP) is -0.446. The third kappa shape index (κ3) is 7.91. The molecule has 4 unspecified atom stereocenters. The first-order valence-electron chi connectivity index (χ1n) is 10.7. The average Bonchev–Trinajstić information content (AvgIpc) is 3.16. The van der Waals surface area contributed by atoms with Crippen molar-refractivity contribution in [3.8, 4) is 0 Å². The number of aliphatic carboxylic acids is 1. The minimum Gasteiger partial charge on any atom is -0.480 e. The number of carboxylic acids is 1. The van der Waals surface area contributed by atoms with Crippen LogP contribution in [-0.4, -0.2) is 71.0 Å². The molecule has 0 aromatic heterocycles. The summed E-state index contributed by atoms with van der Waals surface area (Å²) in [6.45, 7) is 6.22. The molecule has 172 valence electrons. The highest BCUT2D eigenvalue weighted by molar-refractivity contribution is 5.94. The molecule has 1 fully saturated rings. The Balaban J connectivity index is 2.72. The molecule has 0 bridgehead atoms. The highest BCUT2D eigenvalue weighted by atomic mass is 16.4. The fourth-order valence-corrected chi connectivity index (χ4v) is 3.50. The molecule has 0 aromatic rings. The smallest absolute Gasteiger partial charge is 0.326 e. The average molecular weight is 428 g/mol. The molecule has 10 heteroatoms. The normalized spacial score (nSPS) is 19.3. The van der Waals surface area contributed by atoms with E-state index in [4.69, 9.17) is 11.5 Å². The highest BCUT2D eigenvalue weighted by Gasteiger charge is 2.38.